The van der Waals surface area contributed by atoms with Crippen molar-refractivity contribution >= 4 is 39.0 Å². The summed E-state index contributed by atoms with van der Waals surface area (Å²) < 4.78 is 5.58. The molecule has 1 amide bonds. The highest BCUT2D eigenvalue weighted by Crippen LogP contribution is 2.42. The zero-order valence-electron chi connectivity index (χ0n) is 14.9. The molecule has 28 heavy (non-hydrogen) atoms. The second kappa shape index (κ2) is 6.69. The molecule has 0 spiro atoms. The fraction of sp³-hybridized carbons (Fsp3) is 0.0870. The molecule has 1 aliphatic carbocycles. The maximum Gasteiger partial charge on any atom is 0.224 e. The summed E-state index contributed by atoms with van der Waals surface area (Å²) in [6, 6.07) is 21.1. The van der Waals surface area contributed by atoms with Gasteiger partial charge in [-0.3, -0.25) is 9.59 Å². The highest BCUT2D eigenvalue weighted by atomic mass is 32.1. The van der Waals surface area contributed by atoms with Gasteiger partial charge in [0.05, 0.1) is 21.6 Å². The summed E-state index contributed by atoms with van der Waals surface area (Å²) in [6.07, 6.45) is 1.02. The summed E-state index contributed by atoms with van der Waals surface area (Å²) in [5.41, 5.74) is 4.46. The molecule has 1 aromatic heterocycles. The first-order valence-electron chi connectivity index (χ1n) is 9.12. The number of carbonyl (C=O) groups is 2. The van der Waals surface area contributed by atoms with Crippen molar-refractivity contribution in [2.75, 3.05) is 5.32 Å². The first-order chi connectivity index (χ1) is 13.7. The van der Waals surface area contributed by atoms with Gasteiger partial charge in [-0.05, 0) is 35.6 Å². The van der Waals surface area contributed by atoms with Gasteiger partial charge in [0.2, 0.25) is 5.91 Å². The van der Waals surface area contributed by atoms with E-state index in [0.29, 0.717) is 29.7 Å². The first-order valence-corrected chi connectivity index (χ1v) is 9.90. The molecule has 0 unspecified atom stereocenters. The minimum Gasteiger partial charge on any atom is -0.325 e. The van der Waals surface area contributed by atoms with E-state index in [1.54, 1.807) is 6.07 Å². The van der Waals surface area contributed by atoms with Crippen LogP contribution in [-0.2, 0) is 11.2 Å². The third-order valence-electron chi connectivity index (χ3n) is 5.05. The molecule has 3 aromatic carbocycles. The molecule has 5 rings (SSSR count). The standard InChI is InChI=1S/C23H16N2O2S/c26-19(13-12-14-6-2-1-3-7-14)24-17-10-4-8-15-20(17)23(27)16-9-5-11-18-21(16)22(15)25-28-18/h1-11H,12-13H2,(H,24,26). The Balaban J connectivity index is 1.47. The zero-order chi connectivity index (χ0) is 19.1. The molecule has 136 valence electrons. The highest BCUT2D eigenvalue weighted by molar-refractivity contribution is 7.13. The number of hydrogen-bond acceptors (Lipinski definition) is 4. The minimum absolute atomic E-state index is 0.0627. The van der Waals surface area contributed by atoms with Crippen molar-refractivity contribution in [3.8, 4) is 11.3 Å². The molecule has 0 fully saturated rings. The van der Waals surface area contributed by atoms with Crippen LogP contribution in [0.4, 0.5) is 5.69 Å². The number of aryl methyl sites for hydroxylation is 1. The van der Waals surface area contributed by atoms with Gasteiger partial charge in [-0.1, -0.05) is 54.6 Å². The highest BCUT2D eigenvalue weighted by Gasteiger charge is 2.29. The average Bonchev–Trinajstić information content (AvgIpc) is 3.16. The number of hydrogen-bond donors (Lipinski definition) is 1. The third-order valence-corrected chi connectivity index (χ3v) is 5.86. The van der Waals surface area contributed by atoms with E-state index in [-0.39, 0.29) is 11.7 Å². The molecular formula is C23H16N2O2S. The molecule has 1 N–H and O–H groups in total. The summed E-state index contributed by atoms with van der Waals surface area (Å²) in [5.74, 6) is -0.167. The average molecular weight is 384 g/mol. The van der Waals surface area contributed by atoms with E-state index >= 15 is 0 Å². The number of aromatic nitrogens is 1. The number of ketones is 1. The lowest BCUT2D eigenvalue weighted by atomic mass is 9.86. The Morgan fingerprint density at radius 2 is 1.71 bits per heavy atom. The van der Waals surface area contributed by atoms with Crippen LogP contribution >= 0.6 is 11.5 Å². The van der Waals surface area contributed by atoms with Crippen LogP contribution < -0.4 is 5.32 Å². The van der Waals surface area contributed by atoms with Gasteiger partial charge < -0.3 is 5.32 Å². The Kier molecular flexibility index (Phi) is 4.02. The third kappa shape index (κ3) is 2.72. The summed E-state index contributed by atoms with van der Waals surface area (Å²) in [4.78, 5) is 25.7. The normalized spacial score (nSPS) is 12.1. The van der Waals surface area contributed by atoms with E-state index in [9.17, 15) is 9.59 Å². The molecule has 0 aliphatic heterocycles. The van der Waals surface area contributed by atoms with Crippen molar-refractivity contribution < 1.29 is 9.59 Å². The topological polar surface area (TPSA) is 59.1 Å². The van der Waals surface area contributed by atoms with Crippen LogP contribution in [0.1, 0.15) is 27.9 Å². The van der Waals surface area contributed by atoms with Gasteiger partial charge in [0.15, 0.2) is 5.78 Å². The van der Waals surface area contributed by atoms with Crippen molar-refractivity contribution in [3.63, 3.8) is 0 Å². The number of anilines is 1. The molecule has 0 saturated carbocycles. The Hall–Kier alpha value is -3.31. The Morgan fingerprint density at radius 3 is 2.57 bits per heavy atom. The Morgan fingerprint density at radius 1 is 0.929 bits per heavy atom. The summed E-state index contributed by atoms with van der Waals surface area (Å²) >= 11 is 1.39. The van der Waals surface area contributed by atoms with Crippen LogP contribution in [0.2, 0.25) is 0 Å². The van der Waals surface area contributed by atoms with Gasteiger partial charge in [0.25, 0.3) is 0 Å². The Bertz CT molecular complexity index is 1230. The van der Waals surface area contributed by atoms with Crippen LogP contribution in [0.5, 0.6) is 0 Å². The number of nitrogens with one attached hydrogen (secondary N) is 1. The van der Waals surface area contributed by atoms with Gasteiger partial charge in [0.1, 0.15) is 0 Å². The minimum atomic E-state index is -0.104. The lowest BCUT2D eigenvalue weighted by molar-refractivity contribution is -0.116. The molecular weight excluding hydrogens is 368 g/mol. The Labute approximate surface area is 166 Å². The van der Waals surface area contributed by atoms with Crippen LogP contribution in [0.25, 0.3) is 21.3 Å². The zero-order valence-corrected chi connectivity index (χ0v) is 15.8. The predicted octanol–water partition coefficient (Wildman–Crippen LogP) is 5.08. The van der Waals surface area contributed by atoms with Crippen LogP contribution in [0, 0.1) is 0 Å². The van der Waals surface area contributed by atoms with Crippen molar-refractivity contribution in [1.82, 2.24) is 4.37 Å². The van der Waals surface area contributed by atoms with Crippen LogP contribution in [0.15, 0.2) is 66.7 Å². The maximum absolute atomic E-state index is 13.2. The number of fused-ring (bicyclic) bond motifs is 2. The summed E-state index contributed by atoms with van der Waals surface area (Å²) in [5, 5.41) is 3.86. The van der Waals surface area contributed by atoms with Gasteiger partial charge in [-0.25, -0.2) is 0 Å². The molecule has 0 radical (unpaired) electrons. The predicted molar refractivity (Wildman–Crippen MR) is 112 cm³/mol. The number of nitrogens with zero attached hydrogens (tertiary/aromatic N) is 1. The smallest absolute Gasteiger partial charge is 0.224 e. The largest absolute Gasteiger partial charge is 0.325 e. The molecule has 0 atom stereocenters. The fourth-order valence-electron chi connectivity index (χ4n) is 3.71. The SMILES string of the molecule is O=C(CCc1ccccc1)Nc1cccc2c1C(=O)c1cccc3snc-2c13. The van der Waals surface area contributed by atoms with E-state index in [0.717, 1.165) is 26.9 Å². The molecule has 1 heterocycles. The monoisotopic (exact) mass is 384 g/mol. The molecule has 5 heteroatoms. The summed E-state index contributed by atoms with van der Waals surface area (Å²) in [7, 11) is 0. The van der Waals surface area contributed by atoms with E-state index in [2.05, 4.69) is 9.69 Å². The molecule has 4 aromatic rings. The van der Waals surface area contributed by atoms with Crippen molar-refractivity contribution in [2.45, 2.75) is 12.8 Å². The lowest BCUT2D eigenvalue weighted by Gasteiger charge is -2.18. The van der Waals surface area contributed by atoms with Gasteiger partial charge in [0, 0.05) is 22.9 Å². The number of amides is 1. The number of rotatable bonds is 4. The van der Waals surface area contributed by atoms with E-state index in [4.69, 9.17) is 0 Å². The maximum atomic E-state index is 13.2. The second-order valence-electron chi connectivity index (χ2n) is 6.80. The van der Waals surface area contributed by atoms with Crippen molar-refractivity contribution in [2.24, 2.45) is 0 Å². The fourth-order valence-corrected chi connectivity index (χ4v) is 4.53. The molecule has 1 aliphatic rings. The number of carbonyl (C=O) groups excluding carboxylic acids is 2. The quantitative estimate of drug-likeness (QED) is 0.470. The van der Waals surface area contributed by atoms with Crippen LogP contribution in [0.3, 0.4) is 0 Å². The van der Waals surface area contributed by atoms with Gasteiger partial charge in [-0.15, -0.1) is 0 Å². The van der Waals surface area contributed by atoms with Crippen LogP contribution in [-0.4, -0.2) is 16.1 Å². The second-order valence-corrected chi connectivity index (χ2v) is 7.61. The van der Waals surface area contributed by atoms with Gasteiger partial charge >= 0.3 is 0 Å². The van der Waals surface area contributed by atoms with E-state index in [1.165, 1.54) is 11.5 Å². The first kappa shape index (κ1) is 16.8. The summed E-state index contributed by atoms with van der Waals surface area (Å²) in [6.45, 7) is 0. The van der Waals surface area contributed by atoms with Gasteiger partial charge in [-0.2, -0.15) is 4.37 Å². The van der Waals surface area contributed by atoms with Crippen molar-refractivity contribution in [3.05, 3.63) is 83.4 Å². The molecule has 0 bridgehead atoms. The van der Waals surface area contributed by atoms with Crippen molar-refractivity contribution in [1.29, 1.82) is 0 Å². The number of benzene rings is 3. The molecule has 4 nitrogen and oxygen atoms in total. The van der Waals surface area contributed by atoms with E-state index < -0.39 is 0 Å². The molecule has 0 saturated heterocycles. The van der Waals surface area contributed by atoms with E-state index in [1.807, 2.05) is 60.7 Å². The lowest BCUT2D eigenvalue weighted by Crippen LogP contribution is -2.18.